The van der Waals surface area contributed by atoms with Crippen LogP contribution < -0.4 is 0 Å². The monoisotopic (exact) mass is 229 g/mol. The van der Waals surface area contributed by atoms with E-state index in [4.69, 9.17) is 0 Å². The third kappa shape index (κ3) is 3.72. The number of imide groups is 1. The van der Waals surface area contributed by atoms with Crippen molar-refractivity contribution in [3.8, 4) is 0 Å². The Morgan fingerprint density at radius 3 is 2.29 bits per heavy atom. The maximum absolute atomic E-state index is 11.6. The van der Waals surface area contributed by atoms with Crippen LogP contribution in [0.2, 0.25) is 0 Å². The molecular formula is C14H15NO2. The lowest BCUT2D eigenvalue weighted by molar-refractivity contribution is -0.136. The Labute approximate surface area is 101 Å². The summed E-state index contributed by atoms with van der Waals surface area (Å²) in [5, 5.41) is 0. The van der Waals surface area contributed by atoms with Crippen LogP contribution in [-0.4, -0.2) is 23.8 Å². The molecule has 0 bridgehead atoms. The van der Waals surface area contributed by atoms with Crippen LogP contribution in [0.15, 0.2) is 43.0 Å². The Morgan fingerprint density at radius 1 is 1.18 bits per heavy atom. The van der Waals surface area contributed by atoms with Crippen molar-refractivity contribution in [3.05, 3.63) is 54.1 Å². The minimum atomic E-state index is -0.413. The van der Waals surface area contributed by atoms with Gasteiger partial charge in [-0.15, -0.1) is 0 Å². The minimum Gasteiger partial charge on any atom is -0.279 e. The molecule has 17 heavy (non-hydrogen) atoms. The fourth-order valence-corrected chi connectivity index (χ4v) is 1.20. The lowest BCUT2D eigenvalue weighted by atomic mass is 10.1. The van der Waals surface area contributed by atoms with Crippen molar-refractivity contribution < 1.29 is 9.59 Å². The van der Waals surface area contributed by atoms with Crippen LogP contribution in [0.3, 0.4) is 0 Å². The molecule has 0 N–H and O–H groups in total. The van der Waals surface area contributed by atoms with Crippen LogP contribution >= 0.6 is 0 Å². The first kappa shape index (κ1) is 12.9. The number of amides is 2. The van der Waals surface area contributed by atoms with Gasteiger partial charge < -0.3 is 0 Å². The average molecular weight is 229 g/mol. The molecule has 3 nitrogen and oxygen atoms in total. The number of aryl methyl sites for hydroxylation is 1. The lowest BCUT2D eigenvalue weighted by Gasteiger charge is -2.09. The van der Waals surface area contributed by atoms with Gasteiger partial charge in [-0.1, -0.05) is 36.4 Å². The van der Waals surface area contributed by atoms with Gasteiger partial charge in [-0.25, -0.2) is 0 Å². The molecule has 0 aliphatic heterocycles. The van der Waals surface area contributed by atoms with Gasteiger partial charge in [0.15, 0.2) is 0 Å². The van der Waals surface area contributed by atoms with Crippen molar-refractivity contribution >= 4 is 17.9 Å². The number of nitrogens with zero attached hydrogens (tertiary/aromatic N) is 1. The van der Waals surface area contributed by atoms with Gasteiger partial charge in [0, 0.05) is 13.1 Å². The standard InChI is InChI=1S/C14H15NO2/c1-4-13(16)15(3)14(17)10-9-12-7-5-11(2)6-8-12/h4-10H,1H2,2-3H3. The highest BCUT2D eigenvalue weighted by Gasteiger charge is 2.09. The van der Waals surface area contributed by atoms with Crippen LogP contribution in [-0.2, 0) is 9.59 Å². The van der Waals surface area contributed by atoms with Gasteiger partial charge in [0.25, 0.3) is 11.8 Å². The normalized spacial score (nSPS) is 10.2. The van der Waals surface area contributed by atoms with E-state index in [2.05, 4.69) is 6.58 Å². The van der Waals surface area contributed by atoms with Crippen LogP contribution in [0.4, 0.5) is 0 Å². The van der Waals surface area contributed by atoms with Gasteiger partial charge in [0.1, 0.15) is 0 Å². The lowest BCUT2D eigenvalue weighted by Crippen LogP contribution is -2.29. The number of rotatable bonds is 3. The Balaban J connectivity index is 2.71. The molecule has 2 amide bonds. The molecular weight excluding hydrogens is 214 g/mol. The maximum atomic E-state index is 11.6. The fraction of sp³-hybridized carbons (Fsp3) is 0.143. The van der Waals surface area contributed by atoms with Crippen molar-refractivity contribution in [2.75, 3.05) is 7.05 Å². The zero-order valence-electron chi connectivity index (χ0n) is 10.0. The molecule has 0 atom stereocenters. The van der Waals surface area contributed by atoms with Crippen LogP contribution in [0.25, 0.3) is 6.08 Å². The maximum Gasteiger partial charge on any atom is 0.253 e. The van der Waals surface area contributed by atoms with Gasteiger partial charge in [0.2, 0.25) is 0 Å². The number of carbonyl (C=O) groups excluding carboxylic acids is 2. The Morgan fingerprint density at radius 2 is 1.76 bits per heavy atom. The summed E-state index contributed by atoms with van der Waals surface area (Å²) in [5.74, 6) is -0.779. The molecule has 0 saturated heterocycles. The number of hydrogen-bond acceptors (Lipinski definition) is 2. The number of benzene rings is 1. The van der Waals surface area contributed by atoms with Gasteiger partial charge >= 0.3 is 0 Å². The van der Waals surface area contributed by atoms with E-state index in [0.29, 0.717) is 0 Å². The van der Waals surface area contributed by atoms with E-state index >= 15 is 0 Å². The first-order valence-corrected chi connectivity index (χ1v) is 5.23. The van der Waals surface area contributed by atoms with Gasteiger partial charge in [-0.2, -0.15) is 0 Å². The first-order chi connectivity index (χ1) is 8.04. The third-order valence-corrected chi connectivity index (χ3v) is 2.33. The highest BCUT2D eigenvalue weighted by molar-refractivity contribution is 6.05. The summed E-state index contributed by atoms with van der Waals surface area (Å²) in [6.45, 7) is 5.32. The van der Waals surface area contributed by atoms with Crippen molar-refractivity contribution in [2.24, 2.45) is 0 Å². The van der Waals surface area contributed by atoms with E-state index in [1.807, 2.05) is 31.2 Å². The first-order valence-electron chi connectivity index (χ1n) is 5.23. The molecule has 0 saturated carbocycles. The Bertz CT molecular complexity index is 458. The van der Waals surface area contributed by atoms with Gasteiger partial charge in [0.05, 0.1) is 0 Å². The predicted molar refractivity (Wildman–Crippen MR) is 68.2 cm³/mol. The molecule has 0 heterocycles. The summed E-state index contributed by atoms with van der Waals surface area (Å²) in [6.07, 6.45) is 4.15. The summed E-state index contributed by atoms with van der Waals surface area (Å²) < 4.78 is 0. The number of hydrogen-bond donors (Lipinski definition) is 0. The van der Waals surface area contributed by atoms with Crippen LogP contribution in [0, 0.1) is 6.92 Å². The second kappa shape index (κ2) is 5.80. The minimum absolute atomic E-state index is 0.365. The summed E-state index contributed by atoms with van der Waals surface area (Å²) in [4.78, 5) is 23.7. The van der Waals surface area contributed by atoms with E-state index in [0.717, 1.165) is 22.1 Å². The Hall–Kier alpha value is -2.16. The van der Waals surface area contributed by atoms with Crippen molar-refractivity contribution in [1.29, 1.82) is 0 Å². The van der Waals surface area contributed by atoms with Crippen LogP contribution in [0.5, 0.6) is 0 Å². The van der Waals surface area contributed by atoms with E-state index in [-0.39, 0.29) is 5.91 Å². The smallest absolute Gasteiger partial charge is 0.253 e. The molecule has 0 radical (unpaired) electrons. The highest BCUT2D eigenvalue weighted by Crippen LogP contribution is 2.05. The van der Waals surface area contributed by atoms with Crippen LogP contribution in [0.1, 0.15) is 11.1 Å². The summed E-state index contributed by atoms with van der Waals surface area (Å²) >= 11 is 0. The van der Waals surface area contributed by atoms with E-state index in [1.165, 1.54) is 13.1 Å². The van der Waals surface area contributed by atoms with E-state index < -0.39 is 5.91 Å². The SMILES string of the molecule is C=CC(=O)N(C)C(=O)C=Cc1ccc(C)cc1. The zero-order valence-corrected chi connectivity index (χ0v) is 10.0. The molecule has 0 aromatic heterocycles. The van der Waals surface area contributed by atoms with Gasteiger partial charge in [-0.3, -0.25) is 14.5 Å². The van der Waals surface area contributed by atoms with Crippen molar-refractivity contribution in [3.63, 3.8) is 0 Å². The molecule has 0 unspecified atom stereocenters. The van der Waals surface area contributed by atoms with Crippen molar-refractivity contribution in [1.82, 2.24) is 4.90 Å². The molecule has 1 aromatic rings. The number of carbonyl (C=O) groups is 2. The number of likely N-dealkylation sites (N-methyl/N-ethyl adjacent to an activating group) is 1. The molecule has 0 spiro atoms. The molecule has 1 aromatic carbocycles. The van der Waals surface area contributed by atoms with E-state index in [9.17, 15) is 9.59 Å². The second-order valence-corrected chi connectivity index (χ2v) is 3.68. The zero-order chi connectivity index (χ0) is 12.8. The predicted octanol–water partition coefficient (Wildman–Crippen LogP) is 2.18. The molecule has 88 valence electrons. The quantitative estimate of drug-likeness (QED) is 0.745. The average Bonchev–Trinajstić information content (AvgIpc) is 2.35. The second-order valence-electron chi connectivity index (χ2n) is 3.68. The summed E-state index contributed by atoms with van der Waals surface area (Å²) in [6, 6.07) is 7.74. The molecule has 0 aliphatic carbocycles. The topological polar surface area (TPSA) is 37.4 Å². The molecule has 0 aliphatic rings. The summed E-state index contributed by atoms with van der Waals surface area (Å²) in [7, 11) is 1.42. The molecule has 0 fully saturated rings. The van der Waals surface area contributed by atoms with Gasteiger partial charge in [-0.05, 0) is 24.6 Å². The third-order valence-electron chi connectivity index (χ3n) is 2.33. The largest absolute Gasteiger partial charge is 0.279 e. The Kier molecular flexibility index (Phi) is 4.40. The molecule has 3 heteroatoms. The van der Waals surface area contributed by atoms with Crippen molar-refractivity contribution in [2.45, 2.75) is 6.92 Å². The fourth-order valence-electron chi connectivity index (χ4n) is 1.20. The highest BCUT2D eigenvalue weighted by atomic mass is 16.2. The van der Waals surface area contributed by atoms with E-state index in [1.54, 1.807) is 6.08 Å². The summed E-state index contributed by atoms with van der Waals surface area (Å²) in [5.41, 5.74) is 2.08. The molecule has 1 rings (SSSR count).